The van der Waals surface area contributed by atoms with Crippen molar-refractivity contribution in [2.24, 2.45) is 13.0 Å². The van der Waals surface area contributed by atoms with E-state index in [1.807, 2.05) is 38.6 Å². The summed E-state index contributed by atoms with van der Waals surface area (Å²) in [7, 11) is 1.94. The van der Waals surface area contributed by atoms with Crippen molar-refractivity contribution in [3.05, 3.63) is 18.0 Å². The molecular formula is C22H33N7O2. The van der Waals surface area contributed by atoms with Gasteiger partial charge in [-0.05, 0) is 77.7 Å². The summed E-state index contributed by atoms with van der Waals surface area (Å²) in [5.41, 5.74) is 2.32. The third-order valence-electron chi connectivity index (χ3n) is 5.80. The fourth-order valence-electron chi connectivity index (χ4n) is 4.00. The van der Waals surface area contributed by atoms with E-state index in [1.165, 1.54) is 12.8 Å². The summed E-state index contributed by atoms with van der Waals surface area (Å²) >= 11 is 0. The zero-order valence-electron chi connectivity index (χ0n) is 18.9. The van der Waals surface area contributed by atoms with Crippen LogP contribution in [0, 0.1) is 5.92 Å². The molecule has 168 valence electrons. The Morgan fingerprint density at radius 1 is 1.16 bits per heavy atom. The molecule has 0 atom stereocenters. The van der Waals surface area contributed by atoms with E-state index in [4.69, 9.17) is 9.72 Å². The molecule has 1 amide bonds. The molecule has 2 N–H and O–H groups in total. The number of hydrogen-bond donors (Lipinski definition) is 2. The summed E-state index contributed by atoms with van der Waals surface area (Å²) in [6.45, 7) is 5.62. The maximum absolute atomic E-state index is 12.0. The van der Waals surface area contributed by atoms with Gasteiger partial charge in [-0.1, -0.05) is 5.21 Å². The van der Waals surface area contributed by atoms with Crippen molar-refractivity contribution in [1.82, 2.24) is 30.3 Å². The van der Waals surface area contributed by atoms with Crippen LogP contribution in [-0.2, 0) is 18.2 Å². The zero-order valence-corrected chi connectivity index (χ0v) is 18.9. The molecule has 9 nitrogen and oxygen atoms in total. The number of amides is 1. The number of alkyl carbamates (subject to hydrolysis) is 1. The number of carbonyl (C=O) groups is 1. The van der Waals surface area contributed by atoms with Gasteiger partial charge in [-0.2, -0.15) is 0 Å². The SMILES string of the molecule is Cn1nnc(-c2ccnc(N[C@H]3CC[C@H](NC(=O)OC(C)(C)C)CC3)n2)c1CC1CC1. The first-order valence-corrected chi connectivity index (χ1v) is 11.2. The molecule has 2 heterocycles. The van der Waals surface area contributed by atoms with Crippen molar-refractivity contribution in [2.75, 3.05) is 5.32 Å². The van der Waals surface area contributed by atoms with Gasteiger partial charge in [0.05, 0.1) is 11.4 Å². The minimum Gasteiger partial charge on any atom is -0.444 e. The lowest BCUT2D eigenvalue weighted by Crippen LogP contribution is -2.42. The molecule has 2 saturated carbocycles. The monoisotopic (exact) mass is 427 g/mol. The van der Waals surface area contributed by atoms with E-state index < -0.39 is 5.60 Å². The largest absolute Gasteiger partial charge is 0.444 e. The smallest absolute Gasteiger partial charge is 0.407 e. The molecule has 0 unspecified atom stereocenters. The average molecular weight is 428 g/mol. The Bertz CT molecular complexity index is 909. The molecule has 0 spiro atoms. The standard InChI is InChI=1S/C22H33N7O2/c1-22(2,3)31-21(30)25-16-9-7-15(8-10-16)24-20-23-12-11-17(26-20)19-18(13-14-5-6-14)29(4)28-27-19/h11-12,14-16H,5-10,13H2,1-4H3,(H,25,30)(H,23,24,26)/t15-,16-. The molecule has 31 heavy (non-hydrogen) atoms. The molecule has 2 aliphatic carbocycles. The van der Waals surface area contributed by atoms with Crippen LogP contribution in [-0.4, -0.2) is 48.7 Å². The first kappa shape index (κ1) is 21.5. The van der Waals surface area contributed by atoms with Crippen molar-refractivity contribution in [1.29, 1.82) is 0 Å². The fraction of sp³-hybridized carbons (Fsp3) is 0.682. The van der Waals surface area contributed by atoms with Crippen molar-refractivity contribution >= 4 is 12.0 Å². The van der Waals surface area contributed by atoms with Gasteiger partial charge in [-0.25, -0.2) is 14.8 Å². The van der Waals surface area contributed by atoms with E-state index in [9.17, 15) is 4.79 Å². The Kier molecular flexibility index (Phi) is 6.11. The van der Waals surface area contributed by atoms with Crippen molar-refractivity contribution in [3.63, 3.8) is 0 Å². The van der Waals surface area contributed by atoms with Crippen molar-refractivity contribution in [3.8, 4) is 11.4 Å². The molecule has 2 aliphatic rings. The molecule has 4 rings (SSSR count). The first-order valence-electron chi connectivity index (χ1n) is 11.2. The fourth-order valence-corrected chi connectivity index (χ4v) is 4.00. The lowest BCUT2D eigenvalue weighted by atomic mass is 9.91. The van der Waals surface area contributed by atoms with Gasteiger partial charge in [-0.15, -0.1) is 5.10 Å². The second kappa shape index (κ2) is 8.80. The van der Waals surface area contributed by atoms with Crippen LogP contribution in [0.3, 0.4) is 0 Å². The molecule has 2 fully saturated rings. The lowest BCUT2D eigenvalue weighted by Gasteiger charge is -2.30. The normalized spacial score (nSPS) is 21.5. The van der Waals surface area contributed by atoms with Gasteiger partial charge in [0, 0.05) is 25.3 Å². The Balaban J connectivity index is 1.33. The van der Waals surface area contributed by atoms with Crippen LogP contribution in [0.2, 0.25) is 0 Å². The molecule has 2 aromatic rings. The van der Waals surface area contributed by atoms with Crippen LogP contribution in [0.15, 0.2) is 12.3 Å². The Hall–Kier alpha value is -2.71. The van der Waals surface area contributed by atoms with E-state index in [2.05, 4.69) is 25.9 Å². The molecule has 0 aliphatic heterocycles. The molecule has 0 saturated heterocycles. The van der Waals surface area contributed by atoms with Crippen LogP contribution in [0.25, 0.3) is 11.4 Å². The number of nitrogens with zero attached hydrogens (tertiary/aromatic N) is 5. The number of anilines is 1. The summed E-state index contributed by atoms with van der Waals surface area (Å²) in [5, 5.41) is 15.0. The summed E-state index contributed by atoms with van der Waals surface area (Å²) in [6.07, 6.45) is 8.66. The highest BCUT2D eigenvalue weighted by Crippen LogP contribution is 2.34. The van der Waals surface area contributed by atoms with E-state index in [0.717, 1.165) is 55.1 Å². The van der Waals surface area contributed by atoms with Crippen LogP contribution in [0.1, 0.15) is 65.0 Å². The van der Waals surface area contributed by atoms with Crippen molar-refractivity contribution in [2.45, 2.75) is 83.4 Å². The van der Waals surface area contributed by atoms with E-state index in [-0.39, 0.29) is 18.2 Å². The highest BCUT2D eigenvalue weighted by atomic mass is 16.6. The molecular weight excluding hydrogens is 394 g/mol. The van der Waals surface area contributed by atoms with Gasteiger partial charge < -0.3 is 15.4 Å². The number of aryl methyl sites for hydroxylation is 1. The second-order valence-electron chi connectivity index (χ2n) is 9.76. The number of hydrogen-bond acceptors (Lipinski definition) is 7. The van der Waals surface area contributed by atoms with Gasteiger partial charge >= 0.3 is 6.09 Å². The minimum atomic E-state index is -0.479. The third-order valence-corrected chi connectivity index (χ3v) is 5.80. The molecule has 0 aromatic carbocycles. The number of rotatable bonds is 6. The van der Waals surface area contributed by atoms with E-state index >= 15 is 0 Å². The summed E-state index contributed by atoms with van der Waals surface area (Å²) < 4.78 is 7.22. The Morgan fingerprint density at radius 2 is 1.87 bits per heavy atom. The maximum atomic E-state index is 12.0. The molecule has 2 aromatic heterocycles. The number of nitrogens with one attached hydrogen (secondary N) is 2. The topological polar surface area (TPSA) is 107 Å². The van der Waals surface area contributed by atoms with Crippen LogP contribution in [0.5, 0.6) is 0 Å². The molecule has 9 heteroatoms. The second-order valence-corrected chi connectivity index (χ2v) is 9.76. The number of carbonyl (C=O) groups excluding carboxylic acids is 1. The predicted octanol–water partition coefficient (Wildman–Crippen LogP) is 3.47. The van der Waals surface area contributed by atoms with Gasteiger partial charge in [0.2, 0.25) is 5.95 Å². The number of aromatic nitrogens is 5. The van der Waals surface area contributed by atoms with Crippen molar-refractivity contribution < 1.29 is 9.53 Å². The lowest BCUT2D eigenvalue weighted by molar-refractivity contribution is 0.0492. The minimum absolute atomic E-state index is 0.143. The van der Waals surface area contributed by atoms with Crippen LogP contribution in [0.4, 0.5) is 10.7 Å². The van der Waals surface area contributed by atoms with Gasteiger partial charge in [0.25, 0.3) is 0 Å². The van der Waals surface area contributed by atoms with Gasteiger partial charge in [0.1, 0.15) is 11.3 Å². The Morgan fingerprint density at radius 3 is 2.55 bits per heavy atom. The van der Waals surface area contributed by atoms with Crippen LogP contribution >= 0.6 is 0 Å². The van der Waals surface area contributed by atoms with E-state index in [1.54, 1.807) is 6.20 Å². The predicted molar refractivity (Wildman–Crippen MR) is 117 cm³/mol. The first-order chi connectivity index (χ1) is 14.8. The average Bonchev–Trinajstić information content (AvgIpc) is 3.44. The quantitative estimate of drug-likeness (QED) is 0.727. The molecule has 0 bridgehead atoms. The van der Waals surface area contributed by atoms with Crippen LogP contribution < -0.4 is 10.6 Å². The number of ether oxygens (including phenoxy) is 1. The highest BCUT2D eigenvalue weighted by molar-refractivity contribution is 5.68. The third kappa shape index (κ3) is 5.92. The zero-order chi connectivity index (χ0) is 22.0. The van der Waals surface area contributed by atoms with E-state index in [0.29, 0.717) is 5.95 Å². The Labute approximate surface area is 183 Å². The molecule has 0 radical (unpaired) electrons. The maximum Gasteiger partial charge on any atom is 0.407 e. The highest BCUT2D eigenvalue weighted by Gasteiger charge is 2.27. The van der Waals surface area contributed by atoms with Gasteiger partial charge in [0.15, 0.2) is 0 Å². The summed E-state index contributed by atoms with van der Waals surface area (Å²) in [4.78, 5) is 21.1. The van der Waals surface area contributed by atoms with Gasteiger partial charge in [-0.3, -0.25) is 4.68 Å². The summed E-state index contributed by atoms with van der Waals surface area (Å²) in [5.74, 6) is 1.36. The summed E-state index contributed by atoms with van der Waals surface area (Å²) in [6, 6.07) is 2.32.